The van der Waals surface area contributed by atoms with Crippen LogP contribution in [-0.4, -0.2) is 18.3 Å². The molecular formula is C18H39BrS. The van der Waals surface area contributed by atoms with Crippen LogP contribution in [0.2, 0.25) is 0 Å². The zero-order valence-corrected chi connectivity index (χ0v) is 16.8. The zero-order chi connectivity index (χ0) is 14.2. The van der Waals surface area contributed by atoms with E-state index in [2.05, 4.69) is 19.4 Å². The van der Waals surface area contributed by atoms with Crippen molar-refractivity contribution >= 4 is 10.9 Å². The summed E-state index contributed by atoms with van der Waals surface area (Å²) >= 11 is 0. The van der Waals surface area contributed by atoms with Crippen LogP contribution in [0.5, 0.6) is 0 Å². The Morgan fingerprint density at radius 1 is 0.500 bits per heavy atom. The molecule has 0 radical (unpaired) electrons. The minimum atomic E-state index is 0. The summed E-state index contributed by atoms with van der Waals surface area (Å²) < 4.78 is 0. The van der Waals surface area contributed by atoms with Gasteiger partial charge >= 0.3 is 0 Å². The van der Waals surface area contributed by atoms with Crippen LogP contribution in [0.15, 0.2) is 0 Å². The van der Waals surface area contributed by atoms with Gasteiger partial charge in [0.25, 0.3) is 0 Å². The average molecular weight is 367 g/mol. The van der Waals surface area contributed by atoms with Crippen LogP contribution in [0.25, 0.3) is 0 Å². The summed E-state index contributed by atoms with van der Waals surface area (Å²) in [5.74, 6) is 1.46. The van der Waals surface area contributed by atoms with E-state index in [9.17, 15) is 0 Å². The van der Waals surface area contributed by atoms with Gasteiger partial charge in [0.1, 0.15) is 5.75 Å². The number of rotatable bonds is 15. The van der Waals surface area contributed by atoms with E-state index in [0.29, 0.717) is 10.9 Å². The molecule has 124 valence electrons. The molecule has 0 bridgehead atoms. The molecule has 0 amide bonds. The van der Waals surface area contributed by atoms with Crippen molar-refractivity contribution in [1.29, 1.82) is 0 Å². The smallest absolute Gasteiger partial charge is 0.107 e. The fourth-order valence-electron chi connectivity index (χ4n) is 2.59. The lowest BCUT2D eigenvalue weighted by atomic mass is 10.0. The van der Waals surface area contributed by atoms with Gasteiger partial charge in [-0.3, -0.25) is 0 Å². The van der Waals surface area contributed by atoms with Crippen LogP contribution in [0.3, 0.4) is 0 Å². The third kappa shape index (κ3) is 21.1. The topological polar surface area (TPSA) is 0 Å². The van der Waals surface area contributed by atoms with Gasteiger partial charge in [-0.15, -0.1) is 0 Å². The minimum Gasteiger partial charge on any atom is -1.00 e. The molecule has 0 heterocycles. The maximum atomic E-state index is 2.36. The van der Waals surface area contributed by atoms with E-state index in [1.54, 1.807) is 0 Å². The molecule has 0 fully saturated rings. The SMILES string of the molecule is CCCCCCCCCCCCCCCC[S+](C)C.[Br-]. The molecule has 2 heteroatoms. The van der Waals surface area contributed by atoms with Gasteiger partial charge in [0.15, 0.2) is 0 Å². The summed E-state index contributed by atoms with van der Waals surface area (Å²) in [4.78, 5) is 0. The number of hydrogen-bond acceptors (Lipinski definition) is 0. The summed E-state index contributed by atoms with van der Waals surface area (Å²) in [5, 5.41) is 0. The molecule has 0 atom stereocenters. The molecule has 0 rings (SSSR count). The van der Waals surface area contributed by atoms with Gasteiger partial charge in [-0.2, -0.15) is 0 Å². The molecule has 0 aromatic rings. The molecular weight excluding hydrogens is 328 g/mol. The minimum absolute atomic E-state index is 0. The Bertz CT molecular complexity index is 159. The Balaban J connectivity index is 0. The van der Waals surface area contributed by atoms with E-state index in [1.165, 1.54) is 95.6 Å². The Kier molecular flexibility index (Phi) is 22.9. The Morgan fingerprint density at radius 3 is 1.10 bits per heavy atom. The van der Waals surface area contributed by atoms with Gasteiger partial charge in [0, 0.05) is 0 Å². The first-order valence-corrected chi connectivity index (χ1v) is 11.0. The summed E-state index contributed by atoms with van der Waals surface area (Å²) in [6.45, 7) is 2.29. The molecule has 0 N–H and O–H groups in total. The van der Waals surface area contributed by atoms with Gasteiger partial charge in [0.05, 0.1) is 12.5 Å². The predicted molar refractivity (Wildman–Crippen MR) is 94.4 cm³/mol. The lowest BCUT2D eigenvalue weighted by Crippen LogP contribution is -3.00. The third-order valence-electron chi connectivity index (χ3n) is 3.91. The van der Waals surface area contributed by atoms with Gasteiger partial charge in [-0.1, -0.05) is 84.0 Å². The highest BCUT2D eigenvalue weighted by Crippen LogP contribution is 2.13. The average Bonchev–Trinajstić information content (AvgIpc) is 2.39. The van der Waals surface area contributed by atoms with Crippen molar-refractivity contribution < 1.29 is 17.0 Å². The molecule has 0 saturated heterocycles. The first kappa shape index (κ1) is 23.1. The maximum Gasteiger partial charge on any atom is 0.107 e. The Labute approximate surface area is 143 Å². The molecule has 0 spiro atoms. The quantitative estimate of drug-likeness (QED) is 0.308. The van der Waals surface area contributed by atoms with Gasteiger partial charge < -0.3 is 17.0 Å². The fraction of sp³-hybridized carbons (Fsp3) is 1.00. The molecule has 0 aromatic carbocycles. The summed E-state index contributed by atoms with van der Waals surface area (Å²) in [6.07, 6.45) is 25.3. The first-order valence-electron chi connectivity index (χ1n) is 8.81. The second kappa shape index (κ2) is 19.8. The normalized spacial score (nSPS) is 10.8. The number of halogens is 1. The molecule has 0 aliphatic heterocycles. The largest absolute Gasteiger partial charge is 1.00 e. The summed E-state index contributed by atoms with van der Waals surface area (Å²) in [5.41, 5.74) is 0. The van der Waals surface area contributed by atoms with Crippen LogP contribution >= 0.6 is 0 Å². The molecule has 0 saturated carbocycles. The van der Waals surface area contributed by atoms with Gasteiger partial charge in [0.2, 0.25) is 0 Å². The second-order valence-electron chi connectivity index (χ2n) is 6.29. The van der Waals surface area contributed by atoms with Crippen molar-refractivity contribution in [2.75, 3.05) is 18.3 Å². The highest BCUT2D eigenvalue weighted by atomic mass is 79.9. The highest BCUT2D eigenvalue weighted by Gasteiger charge is 2.00. The van der Waals surface area contributed by atoms with E-state index in [-0.39, 0.29) is 17.0 Å². The van der Waals surface area contributed by atoms with Crippen LogP contribution in [0.4, 0.5) is 0 Å². The van der Waals surface area contributed by atoms with Gasteiger partial charge in [-0.05, 0) is 23.7 Å². The summed E-state index contributed by atoms with van der Waals surface area (Å²) in [7, 11) is 0.668. The molecule has 20 heavy (non-hydrogen) atoms. The highest BCUT2D eigenvalue weighted by molar-refractivity contribution is 7.95. The second-order valence-corrected chi connectivity index (χ2v) is 8.67. The third-order valence-corrected chi connectivity index (χ3v) is 5.01. The first-order chi connectivity index (χ1) is 9.27. The van der Waals surface area contributed by atoms with E-state index in [1.807, 2.05) is 0 Å². The Hall–Kier alpha value is 0.830. The van der Waals surface area contributed by atoms with Crippen molar-refractivity contribution in [3.63, 3.8) is 0 Å². The van der Waals surface area contributed by atoms with E-state index in [0.717, 1.165) is 0 Å². The lowest BCUT2D eigenvalue weighted by molar-refractivity contribution is -0.00000439. The monoisotopic (exact) mass is 366 g/mol. The van der Waals surface area contributed by atoms with Crippen molar-refractivity contribution in [1.82, 2.24) is 0 Å². The molecule has 0 unspecified atom stereocenters. The maximum absolute atomic E-state index is 2.36. The molecule has 0 aromatic heterocycles. The van der Waals surface area contributed by atoms with E-state index < -0.39 is 0 Å². The molecule has 0 nitrogen and oxygen atoms in total. The predicted octanol–water partition coefficient (Wildman–Crippen LogP) is 3.35. The van der Waals surface area contributed by atoms with Crippen LogP contribution in [0.1, 0.15) is 96.8 Å². The van der Waals surface area contributed by atoms with E-state index in [4.69, 9.17) is 0 Å². The van der Waals surface area contributed by atoms with E-state index >= 15 is 0 Å². The van der Waals surface area contributed by atoms with Crippen LogP contribution in [0, 0.1) is 0 Å². The Morgan fingerprint density at radius 2 is 0.800 bits per heavy atom. The van der Waals surface area contributed by atoms with Crippen LogP contribution < -0.4 is 17.0 Å². The van der Waals surface area contributed by atoms with Crippen molar-refractivity contribution in [3.8, 4) is 0 Å². The standard InChI is InChI=1S/C18H39S.BrH/c1-4-5-6-7-8-9-10-11-12-13-14-15-16-17-18-19(2)3;/h4-18H2,1-3H3;1H/q+1;/p-1. The molecule has 0 aliphatic rings. The van der Waals surface area contributed by atoms with Gasteiger partial charge in [-0.25, -0.2) is 0 Å². The van der Waals surface area contributed by atoms with Crippen LogP contribution in [-0.2, 0) is 10.9 Å². The molecule has 0 aliphatic carbocycles. The van der Waals surface area contributed by atoms with Crippen molar-refractivity contribution in [3.05, 3.63) is 0 Å². The van der Waals surface area contributed by atoms with Crippen molar-refractivity contribution in [2.24, 2.45) is 0 Å². The number of unbranched alkanes of at least 4 members (excludes halogenated alkanes) is 13. The lowest BCUT2D eigenvalue weighted by Gasteiger charge is -2.03. The zero-order valence-electron chi connectivity index (χ0n) is 14.4. The summed E-state index contributed by atoms with van der Waals surface area (Å²) in [6, 6.07) is 0. The fourth-order valence-corrected chi connectivity index (χ4v) is 3.37. The van der Waals surface area contributed by atoms with Crippen molar-refractivity contribution in [2.45, 2.75) is 96.8 Å². The number of hydrogen-bond donors (Lipinski definition) is 0.